The van der Waals surface area contributed by atoms with Crippen LogP contribution < -0.4 is 4.74 Å². The standard InChI is InChI=1S/C31H39NO.ClH/c1-3-9-30(25-11-5-4-6-12-25)32-20-18-26(19-21-32)31-28-13-8-7-10-23(28)14-15-24-16-17-27(33-2)22-29(24)31;/h7-8,10,13-17,22,25,30H,3-6,9,11-12,18-21H2,1-2H3;1H. The second-order valence-corrected chi connectivity index (χ2v) is 10.1. The number of methoxy groups -OCH3 is 1. The Bertz CT molecular complexity index is 1020. The molecule has 1 saturated heterocycles. The highest BCUT2D eigenvalue weighted by Gasteiger charge is 2.31. The largest absolute Gasteiger partial charge is 0.497 e. The normalized spacial score (nSPS) is 19.6. The van der Waals surface area contributed by atoms with Gasteiger partial charge in [0, 0.05) is 19.1 Å². The van der Waals surface area contributed by atoms with E-state index in [1.165, 1.54) is 98.7 Å². The van der Waals surface area contributed by atoms with Gasteiger partial charge in [-0.15, -0.1) is 12.4 Å². The third kappa shape index (κ3) is 5.14. The molecule has 2 fully saturated rings. The van der Waals surface area contributed by atoms with Gasteiger partial charge in [-0.2, -0.15) is 0 Å². The minimum atomic E-state index is 0. The molecule has 1 atom stereocenters. The lowest BCUT2D eigenvalue weighted by atomic mass is 9.80. The molecule has 3 aliphatic rings. The van der Waals surface area contributed by atoms with Crippen molar-refractivity contribution in [2.75, 3.05) is 20.2 Å². The first-order valence-corrected chi connectivity index (χ1v) is 13.2. The van der Waals surface area contributed by atoms with Gasteiger partial charge >= 0.3 is 0 Å². The molecule has 2 aromatic rings. The van der Waals surface area contributed by atoms with E-state index in [1.54, 1.807) is 12.7 Å². The molecule has 1 unspecified atom stereocenters. The van der Waals surface area contributed by atoms with Gasteiger partial charge in [0.05, 0.1) is 7.11 Å². The summed E-state index contributed by atoms with van der Waals surface area (Å²) in [6.45, 7) is 4.77. The average Bonchev–Trinajstić information content (AvgIpc) is 3.04. The molecule has 0 N–H and O–H groups in total. The van der Waals surface area contributed by atoms with Crippen molar-refractivity contribution in [2.24, 2.45) is 5.92 Å². The van der Waals surface area contributed by atoms with Crippen LogP contribution in [0.5, 0.6) is 5.75 Å². The van der Waals surface area contributed by atoms with E-state index < -0.39 is 0 Å². The van der Waals surface area contributed by atoms with Gasteiger partial charge in [0.1, 0.15) is 5.75 Å². The quantitative estimate of drug-likeness (QED) is 0.366. The second-order valence-electron chi connectivity index (χ2n) is 10.1. The zero-order valence-electron chi connectivity index (χ0n) is 20.9. The fourth-order valence-electron chi connectivity index (χ4n) is 6.51. The van der Waals surface area contributed by atoms with Crippen LogP contribution in [0.2, 0.25) is 0 Å². The Balaban J connectivity index is 0.00000274. The monoisotopic (exact) mass is 477 g/mol. The highest BCUT2D eigenvalue weighted by atomic mass is 35.5. The lowest BCUT2D eigenvalue weighted by Gasteiger charge is -2.42. The molecule has 5 rings (SSSR count). The summed E-state index contributed by atoms with van der Waals surface area (Å²) in [6, 6.07) is 16.2. The van der Waals surface area contributed by atoms with Gasteiger partial charge in [-0.3, -0.25) is 4.90 Å². The van der Waals surface area contributed by atoms with E-state index in [0.717, 1.165) is 17.7 Å². The molecule has 1 aliphatic heterocycles. The maximum absolute atomic E-state index is 5.63. The molecule has 0 aromatic heterocycles. The van der Waals surface area contributed by atoms with Crippen molar-refractivity contribution in [3.8, 4) is 5.75 Å². The molecule has 1 heterocycles. The Morgan fingerprint density at radius 3 is 2.32 bits per heavy atom. The van der Waals surface area contributed by atoms with Crippen LogP contribution in [-0.4, -0.2) is 31.1 Å². The summed E-state index contributed by atoms with van der Waals surface area (Å²) in [5, 5.41) is 0. The number of hydrogen-bond acceptors (Lipinski definition) is 2. The summed E-state index contributed by atoms with van der Waals surface area (Å²) in [5.41, 5.74) is 8.40. The minimum absolute atomic E-state index is 0. The predicted molar refractivity (Wildman–Crippen MR) is 148 cm³/mol. The molecule has 0 amide bonds. The first-order chi connectivity index (χ1) is 16.3. The summed E-state index contributed by atoms with van der Waals surface area (Å²) in [5.74, 6) is 1.86. The van der Waals surface area contributed by atoms with Crippen LogP contribution in [0.1, 0.15) is 87.0 Å². The van der Waals surface area contributed by atoms with Gasteiger partial charge in [-0.25, -0.2) is 0 Å². The van der Waals surface area contributed by atoms with Crippen molar-refractivity contribution in [1.82, 2.24) is 4.90 Å². The van der Waals surface area contributed by atoms with Gasteiger partial charge in [0.25, 0.3) is 0 Å². The second kappa shape index (κ2) is 11.6. The Labute approximate surface area is 212 Å². The lowest BCUT2D eigenvalue weighted by molar-refractivity contribution is 0.101. The molecule has 34 heavy (non-hydrogen) atoms. The molecule has 3 heteroatoms. The Morgan fingerprint density at radius 1 is 0.912 bits per heavy atom. The minimum Gasteiger partial charge on any atom is -0.497 e. The number of piperidine rings is 1. The summed E-state index contributed by atoms with van der Waals surface area (Å²) < 4.78 is 5.63. The number of nitrogens with zero attached hydrogens (tertiary/aromatic N) is 1. The van der Waals surface area contributed by atoms with Crippen molar-refractivity contribution in [1.29, 1.82) is 0 Å². The van der Waals surface area contributed by atoms with Crippen LogP contribution in [0.3, 0.4) is 0 Å². The summed E-state index contributed by atoms with van der Waals surface area (Å²) >= 11 is 0. The average molecular weight is 478 g/mol. The molecule has 0 bridgehead atoms. The van der Waals surface area contributed by atoms with E-state index in [1.807, 2.05) is 0 Å². The first kappa shape index (κ1) is 25.1. The summed E-state index contributed by atoms with van der Waals surface area (Å²) in [4.78, 5) is 2.86. The van der Waals surface area contributed by atoms with Crippen LogP contribution in [0.25, 0.3) is 17.7 Å². The molecule has 1 saturated carbocycles. The van der Waals surface area contributed by atoms with Crippen molar-refractivity contribution in [3.63, 3.8) is 0 Å². The molecule has 2 aromatic carbocycles. The highest BCUT2D eigenvalue weighted by molar-refractivity contribution is 5.95. The molecule has 2 nitrogen and oxygen atoms in total. The van der Waals surface area contributed by atoms with Crippen LogP contribution in [0.4, 0.5) is 0 Å². The van der Waals surface area contributed by atoms with Gasteiger partial charge in [0.15, 0.2) is 0 Å². The third-order valence-electron chi connectivity index (χ3n) is 8.20. The SMILES string of the molecule is CCCC(C1CCCCC1)N1CCC(=C2c3ccccc3C=Cc3ccc(OC)cc32)CC1.Cl. The Hall–Kier alpha value is -2.03. The van der Waals surface area contributed by atoms with E-state index in [9.17, 15) is 0 Å². The number of ether oxygens (including phenoxy) is 1. The highest BCUT2D eigenvalue weighted by Crippen LogP contribution is 2.41. The van der Waals surface area contributed by atoms with E-state index in [-0.39, 0.29) is 12.4 Å². The molecule has 2 aliphatic carbocycles. The zero-order valence-corrected chi connectivity index (χ0v) is 21.7. The van der Waals surface area contributed by atoms with E-state index in [0.29, 0.717) is 0 Å². The predicted octanol–water partition coefficient (Wildman–Crippen LogP) is 8.25. The van der Waals surface area contributed by atoms with E-state index in [2.05, 4.69) is 66.4 Å². The molecular formula is C31H40ClNO. The molecule has 0 radical (unpaired) electrons. The maximum Gasteiger partial charge on any atom is 0.119 e. The fraction of sp³-hybridized carbons (Fsp3) is 0.484. The lowest BCUT2D eigenvalue weighted by Crippen LogP contribution is -2.44. The fourth-order valence-corrected chi connectivity index (χ4v) is 6.51. The molecular weight excluding hydrogens is 438 g/mol. The molecule has 182 valence electrons. The summed E-state index contributed by atoms with van der Waals surface area (Å²) in [7, 11) is 1.77. The number of benzene rings is 2. The van der Waals surface area contributed by atoms with Crippen LogP contribution in [0, 0.1) is 5.92 Å². The van der Waals surface area contributed by atoms with Gasteiger partial charge in [0.2, 0.25) is 0 Å². The van der Waals surface area contributed by atoms with Crippen molar-refractivity contribution in [3.05, 3.63) is 70.3 Å². The van der Waals surface area contributed by atoms with Crippen LogP contribution in [0.15, 0.2) is 48.0 Å². The van der Waals surface area contributed by atoms with Crippen molar-refractivity contribution >= 4 is 30.1 Å². The van der Waals surface area contributed by atoms with E-state index >= 15 is 0 Å². The number of rotatable bonds is 5. The van der Waals surface area contributed by atoms with E-state index in [4.69, 9.17) is 4.74 Å². The number of likely N-dealkylation sites (tertiary alicyclic amines) is 1. The van der Waals surface area contributed by atoms with Crippen LogP contribution in [-0.2, 0) is 0 Å². The number of halogens is 1. The summed E-state index contributed by atoms with van der Waals surface area (Å²) in [6.07, 6.45) is 16.8. The third-order valence-corrected chi connectivity index (χ3v) is 8.20. The molecule has 0 spiro atoms. The number of fused-ring (bicyclic) bond motifs is 2. The Kier molecular flexibility index (Phi) is 8.55. The topological polar surface area (TPSA) is 12.5 Å². The maximum atomic E-state index is 5.63. The smallest absolute Gasteiger partial charge is 0.119 e. The number of hydrogen-bond donors (Lipinski definition) is 0. The van der Waals surface area contributed by atoms with Crippen molar-refractivity contribution < 1.29 is 4.74 Å². The Morgan fingerprint density at radius 2 is 1.62 bits per heavy atom. The van der Waals surface area contributed by atoms with Crippen LogP contribution >= 0.6 is 12.4 Å². The zero-order chi connectivity index (χ0) is 22.6. The van der Waals surface area contributed by atoms with Gasteiger partial charge < -0.3 is 4.74 Å². The van der Waals surface area contributed by atoms with Gasteiger partial charge in [-0.1, -0.05) is 80.7 Å². The van der Waals surface area contributed by atoms with Gasteiger partial charge in [-0.05, 0) is 78.0 Å². The van der Waals surface area contributed by atoms with Crippen molar-refractivity contribution in [2.45, 2.75) is 70.8 Å². The first-order valence-electron chi connectivity index (χ1n) is 13.2.